The topological polar surface area (TPSA) is 9.23 Å². The Balaban J connectivity index is 3.48. The minimum atomic E-state index is 0.731. The lowest BCUT2D eigenvalue weighted by Gasteiger charge is -2.04. The van der Waals surface area contributed by atoms with Crippen LogP contribution in [0.1, 0.15) is 40.0 Å². The molecule has 0 aromatic carbocycles. The third kappa shape index (κ3) is 6.02. The van der Waals surface area contributed by atoms with E-state index < -0.39 is 0 Å². The van der Waals surface area contributed by atoms with Crippen LogP contribution in [0.2, 0.25) is 0 Å². The second kappa shape index (κ2) is 6.96. The van der Waals surface area contributed by atoms with E-state index in [1.807, 2.05) is 6.92 Å². The van der Waals surface area contributed by atoms with E-state index in [-0.39, 0.29) is 0 Å². The van der Waals surface area contributed by atoms with Gasteiger partial charge in [0.05, 0.1) is 12.4 Å². The molecule has 0 aromatic rings. The van der Waals surface area contributed by atoms with Crippen molar-refractivity contribution in [2.75, 3.05) is 6.61 Å². The Labute approximate surface area is 76.1 Å². The fourth-order valence-electron chi connectivity index (χ4n) is 0.900. The summed E-state index contributed by atoms with van der Waals surface area (Å²) in [5.74, 6) is 0.901. The maximum Gasteiger partial charge on any atom is 0.0891 e. The first-order chi connectivity index (χ1) is 5.70. The van der Waals surface area contributed by atoms with Crippen molar-refractivity contribution in [3.05, 3.63) is 24.0 Å². The molecule has 0 saturated carbocycles. The first kappa shape index (κ1) is 11.3. The van der Waals surface area contributed by atoms with Crippen LogP contribution in [-0.4, -0.2) is 6.61 Å². The molecular formula is C11H20O. The third-order valence-electron chi connectivity index (χ3n) is 1.82. The Morgan fingerprint density at radius 2 is 2.08 bits per heavy atom. The highest BCUT2D eigenvalue weighted by Gasteiger charge is 1.91. The average molecular weight is 168 g/mol. The molecular weight excluding hydrogens is 148 g/mol. The first-order valence-corrected chi connectivity index (χ1v) is 4.66. The molecule has 0 aliphatic heterocycles. The highest BCUT2D eigenvalue weighted by Crippen LogP contribution is 2.07. The van der Waals surface area contributed by atoms with Crippen LogP contribution in [0, 0.1) is 0 Å². The maximum atomic E-state index is 5.23. The summed E-state index contributed by atoms with van der Waals surface area (Å²) in [5, 5.41) is 0. The Morgan fingerprint density at radius 1 is 1.42 bits per heavy atom. The van der Waals surface area contributed by atoms with Crippen LogP contribution in [0.5, 0.6) is 0 Å². The molecule has 0 aliphatic carbocycles. The van der Waals surface area contributed by atoms with Crippen molar-refractivity contribution < 1.29 is 4.74 Å². The molecule has 0 N–H and O–H groups in total. The Kier molecular flexibility index (Phi) is 6.54. The summed E-state index contributed by atoms with van der Waals surface area (Å²) in [7, 11) is 0. The normalized spacial score (nSPS) is 11.4. The van der Waals surface area contributed by atoms with Crippen molar-refractivity contribution in [1.82, 2.24) is 0 Å². The number of allylic oxidation sites excluding steroid dienone is 3. The lowest BCUT2D eigenvalue weighted by Crippen LogP contribution is -1.89. The lowest BCUT2D eigenvalue weighted by atomic mass is 10.1. The van der Waals surface area contributed by atoms with E-state index >= 15 is 0 Å². The second-order valence-corrected chi connectivity index (χ2v) is 2.91. The summed E-state index contributed by atoms with van der Waals surface area (Å²) in [5.41, 5.74) is 1.44. The molecule has 0 bridgehead atoms. The molecule has 0 fully saturated rings. The molecule has 12 heavy (non-hydrogen) atoms. The Bertz CT molecular complexity index is 156. The minimum absolute atomic E-state index is 0.731. The lowest BCUT2D eigenvalue weighted by molar-refractivity contribution is 0.220. The predicted octanol–water partition coefficient (Wildman–Crippen LogP) is 3.67. The van der Waals surface area contributed by atoms with E-state index in [4.69, 9.17) is 4.74 Å². The van der Waals surface area contributed by atoms with Crippen molar-refractivity contribution in [2.24, 2.45) is 0 Å². The number of rotatable bonds is 6. The third-order valence-corrected chi connectivity index (χ3v) is 1.82. The standard InChI is InChI=1S/C11H20O/c1-5-10(3)8-7-9-11(4)12-6-2/h8H,4-7,9H2,1-3H3/b10-8+. The largest absolute Gasteiger partial charge is 0.499 e. The van der Waals surface area contributed by atoms with Crippen LogP contribution in [0.3, 0.4) is 0 Å². The van der Waals surface area contributed by atoms with Gasteiger partial charge in [-0.15, -0.1) is 0 Å². The van der Waals surface area contributed by atoms with Crippen molar-refractivity contribution in [3.8, 4) is 0 Å². The quantitative estimate of drug-likeness (QED) is 0.434. The van der Waals surface area contributed by atoms with Gasteiger partial charge < -0.3 is 4.74 Å². The van der Waals surface area contributed by atoms with Crippen LogP contribution in [0.4, 0.5) is 0 Å². The van der Waals surface area contributed by atoms with Gasteiger partial charge in [-0.1, -0.05) is 25.2 Å². The van der Waals surface area contributed by atoms with Crippen molar-refractivity contribution >= 4 is 0 Å². The van der Waals surface area contributed by atoms with Gasteiger partial charge >= 0.3 is 0 Å². The van der Waals surface area contributed by atoms with Gasteiger partial charge in [-0.2, -0.15) is 0 Å². The summed E-state index contributed by atoms with van der Waals surface area (Å²) >= 11 is 0. The summed E-state index contributed by atoms with van der Waals surface area (Å²) in [4.78, 5) is 0. The van der Waals surface area contributed by atoms with Crippen LogP contribution >= 0.6 is 0 Å². The average Bonchev–Trinajstić information content (AvgIpc) is 2.04. The van der Waals surface area contributed by atoms with Crippen molar-refractivity contribution in [1.29, 1.82) is 0 Å². The molecule has 0 heterocycles. The smallest absolute Gasteiger partial charge is 0.0891 e. The minimum Gasteiger partial charge on any atom is -0.499 e. The van der Waals surface area contributed by atoms with Crippen LogP contribution < -0.4 is 0 Å². The van der Waals surface area contributed by atoms with E-state index in [1.165, 1.54) is 5.57 Å². The number of ether oxygens (including phenoxy) is 1. The highest BCUT2D eigenvalue weighted by molar-refractivity contribution is 4.98. The first-order valence-electron chi connectivity index (χ1n) is 4.66. The van der Waals surface area contributed by atoms with Crippen LogP contribution in [0.15, 0.2) is 24.0 Å². The summed E-state index contributed by atoms with van der Waals surface area (Å²) in [6, 6.07) is 0. The van der Waals surface area contributed by atoms with E-state index in [2.05, 4.69) is 26.5 Å². The fourth-order valence-corrected chi connectivity index (χ4v) is 0.900. The van der Waals surface area contributed by atoms with Crippen molar-refractivity contribution in [3.63, 3.8) is 0 Å². The molecule has 70 valence electrons. The SMILES string of the molecule is C=C(CC/C=C(\C)CC)OCC. The van der Waals surface area contributed by atoms with Gasteiger partial charge in [-0.05, 0) is 26.7 Å². The van der Waals surface area contributed by atoms with E-state index in [1.54, 1.807) is 0 Å². The molecule has 0 saturated heterocycles. The van der Waals surface area contributed by atoms with Gasteiger partial charge in [-0.3, -0.25) is 0 Å². The van der Waals surface area contributed by atoms with Gasteiger partial charge in [0.2, 0.25) is 0 Å². The molecule has 0 unspecified atom stereocenters. The summed E-state index contributed by atoms with van der Waals surface area (Å²) in [6.07, 6.45) is 5.40. The summed E-state index contributed by atoms with van der Waals surface area (Å²) < 4.78 is 5.23. The van der Waals surface area contributed by atoms with Crippen LogP contribution in [0.25, 0.3) is 0 Å². The molecule has 0 aliphatic rings. The zero-order valence-electron chi connectivity index (χ0n) is 8.52. The monoisotopic (exact) mass is 168 g/mol. The van der Waals surface area contributed by atoms with Gasteiger partial charge in [0.25, 0.3) is 0 Å². The predicted molar refractivity (Wildman–Crippen MR) is 54.0 cm³/mol. The molecule has 0 atom stereocenters. The number of hydrogen-bond donors (Lipinski definition) is 0. The highest BCUT2D eigenvalue weighted by atomic mass is 16.5. The Hall–Kier alpha value is -0.720. The molecule has 0 aromatic heterocycles. The van der Waals surface area contributed by atoms with E-state index in [0.717, 1.165) is 31.6 Å². The van der Waals surface area contributed by atoms with Crippen LogP contribution in [-0.2, 0) is 4.74 Å². The molecule has 1 nitrogen and oxygen atoms in total. The van der Waals surface area contributed by atoms with Gasteiger partial charge in [0.15, 0.2) is 0 Å². The van der Waals surface area contributed by atoms with Gasteiger partial charge in [0, 0.05) is 6.42 Å². The van der Waals surface area contributed by atoms with Crippen molar-refractivity contribution in [2.45, 2.75) is 40.0 Å². The zero-order valence-corrected chi connectivity index (χ0v) is 8.52. The molecule has 0 amide bonds. The zero-order chi connectivity index (χ0) is 9.40. The maximum absolute atomic E-state index is 5.23. The second-order valence-electron chi connectivity index (χ2n) is 2.91. The number of hydrogen-bond acceptors (Lipinski definition) is 1. The summed E-state index contributed by atoms with van der Waals surface area (Å²) in [6.45, 7) is 10.9. The molecule has 0 rings (SSSR count). The molecule has 0 radical (unpaired) electrons. The molecule has 0 spiro atoms. The Morgan fingerprint density at radius 3 is 2.58 bits per heavy atom. The molecule has 1 heteroatoms. The van der Waals surface area contributed by atoms with Gasteiger partial charge in [-0.25, -0.2) is 0 Å². The van der Waals surface area contributed by atoms with E-state index in [9.17, 15) is 0 Å². The van der Waals surface area contributed by atoms with E-state index in [0.29, 0.717) is 0 Å². The van der Waals surface area contributed by atoms with Gasteiger partial charge in [0.1, 0.15) is 0 Å². The fraction of sp³-hybridized carbons (Fsp3) is 0.636.